The molecule has 1 aliphatic rings. The van der Waals surface area contributed by atoms with E-state index in [1.807, 2.05) is 36.4 Å². The van der Waals surface area contributed by atoms with E-state index in [1.54, 1.807) is 48.5 Å². The van der Waals surface area contributed by atoms with Crippen molar-refractivity contribution >= 4 is 27.5 Å². The third-order valence-electron chi connectivity index (χ3n) is 6.89. The molecule has 8 nitrogen and oxygen atoms in total. The number of hydrogen-bond donors (Lipinski definition) is 1. The van der Waals surface area contributed by atoms with Crippen LogP contribution < -0.4 is 15.0 Å². The predicted octanol–water partition coefficient (Wildman–Crippen LogP) is 4.17. The summed E-state index contributed by atoms with van der Waals surface area (Å²) >= 11 is 0. The molecule has 0 saturated heterocycles. The zero-order valence-electron chi connectivity index (χ0n) is 22.7. The SMILES string of the molecule is O=C(NCCc1ccccc1)[C@H]1CN(C(=O)CN(Cc2ccccc2)S(=O)(=O)c2ccc(F)cc2)c2ccccc2O1. The van der Waals surface area contributed by atoms with Crippen LogP contribution in [0, 0.1) is 5.82 Å². The van der Waals surface area contributed by atoms with Gasteiger partial charge in [0.05, 0.1) is 23.7 Å². The monoisotopic (exact) mass is 587 g/mol. The molecule has 1 atom stereocenters. The molecule has 0 fully saturated rings. The second kappa shape index (κ2) is 13.0. The Kier molecular flexibility index (Phi) is 8.94. The Balaban J connectivity index is 1.36. The summed E-state index contributed by atoms with van der Waals surface area (Å²) < 4.78 is 47.9. The largest absolute Gasteiger partial charge is 0.477 e. The highest BCUT2D eigenvalue weighted by Crippen LogP contribution is 2.33. The van der Waals surface area contributed by atoms with E-state index in [-0.39, 0.29) is 23.9 Å². The first kappa shape index (κ1) is 29.0. The molecule has 42 heavy (non-hydrogen) atoms. The van der Waals surface area contributed by atoms with Gasteiger partial charge in [-0.25, -0.2) is 12.8 Å². The summed E-state index contributed by atoms with van der Waals surface area (Å²) in [5.41, 5.74) is 2.19. The molecule has 0 radical (unpaired) electrons. The smallest absolute Gasteiger partial charge is 0.262 e. The van der Waals surface area contributed by atoms with E-state index in [4.69, 9.17) is 4.74 Å². The van der Waals surface area contributed by atoms with Crippen molar-refractivity contribution in [1.82, 2.24) is 9.62 Å². The fourth-order valence-electron chi connectivity index (χ4n) is 4.70. The van der Waals surface area contributed by atoms with Gasteiger partial charge < -0.3 is 15.0 Å². The maximum absolute atomic E-state index is 13.8. The van der Waals surface area contributed by atoms with Gasteiger partial charge >= 0.3 is 0 Å². The maximum Gasteiger partial charge on any atom is 0.262 e. The molecule has 1 heterocycles. The highest BCUT2D eigenvalue weighted by molar-refractivity contribution is 7.89. The summed E-state index contributed by atoms with van der Waals surface area (Å²) in [7, 11) is -4.19. The molecule has 0 unspecified atom stereocenters. The van der Waals surface area contributed by atoms with E-state index in [0.717, 1.165) is 22.0 Å². The Morgan fingerprint density at radius 1 is 0.857 bits per heavy atom. The Hall–Kier alpha value is -4.54. The van der Waals surface area contributed by atoms with E-state index in [1.165, 1.54) is 17.0 Å². The Labute approximate surface area is 244 Å². The summed E-state index contributed by atoms with van der Waals surface area (Å²) in [6, 6.07) is 29.9. The van der Waals surface area contributed by atoms with E-state index >= 15 is 0 Å². The standard InChI is InChI=1S/C32H30FN3O5S/c33-26-15-17-27(18-16-26)42(39,40)35(21-25-11-5-2-6-12-25)23-31(37)36-22-30(41-29-14-8-7-13-28(29)36)32(38)34-20-19-24-9-3-1-4-10-24/h1-18,30H,19-23H2,(H,34,38)/t30-/m1/s1. The van der Waals surface area contributed by atoms with Crippen molar-refractivity contribution in [2.45, 2.75) is 24.0 Å². The number of anilines is 1. The first-order valence-electron chi connectivity index (χ1n) is 13.5. The predicted molar refractivity (Wildman–Crippen MR) is 157 cm³/mol. The average molecular weight is 588 g/mol. The van der Waals surface area contributed by atoms with Crippen LogP contribution in [0.3, 0.4) is 0 Å². The number of nitrogens with one attached hydrogen (secondary N) is 1. The minimum Gasteiger partial charge on any atom is -0.477 e. The second-order valence-electron chi connectivity index (χ2n) is 9.82. The van der Waals surface area contributed by atoms with Crippen LogP contribution in [0.1, 0.15) is 11.1 Å². The molecule has 0 spiro atoms. The summed E-state index contributed by atoms with van der Waals surface area (Å²) in [4.78, 5) is 28.2. The number of ether oxygens (including phenoxy) is 1. The van der Waals surface area contributed by atoms with Crippen molar-refractivity contribution in [3.63, 3.8) is 0 Å². The van der Waals surface area contributed by atoms with Crippen molar-refractivity contribution in [2.24, 2.45) is 0 Å². The molecule has 1 aliphatic heterocycles. The molecule has 0 bridgehead atoms. The van der Waals surface area contributed by atoms with E-state index < -0.39 is 34.4 Å². The fourth-order valence-corrected chi connectivity index (χ4v) is 6.08. The van der Waals surface area contributed by atoms with Crippen LogP contribution in [0.25, 0.3) is 0 Å². The van der Waals surface area contributed by atoms with Crippen molar-refractivity contribution < 1.29 is 27.1 Å². The zero-order chi connectivity index (χ0) is 29.5. The molecule has 4 aromatic rings. The Morgan fingerprint density at radius 3 is 2.17 bits per heavy atom. The van der Waals surface area contributed by atoms with Crippen LogP contribution in [-0.4, -0.2) is 50.3 Å². The van der Waals surface area contributed by atoms with Gasteiger partial charge in [0, 0.05) is 13.1 Å². The third kappa shape index (κ3) is 6.84. The number of para-hydroxylation sites is 2. The summed E-state index contributed by atoms with van der Waals surface area (Å²) in [6.07, 6.45) is -0.357. The van der Waals surface area contributed by atoms with Crippen LogP contribution in [0.4, 0.5) is 10.1 Å². The van der Waals surface area contributed by atoms with Gasteiger partial charge in [0.25, 0.3) is 5.91 Å². The average Bonchev–Trinajstić information content (AvgIpc) is 3.01. The lowest BCUT2D eigenvalue weighted by Gasteiger charge is -2.35. The van der Waals surface area contributed by atoms with Crippen LogP contribution in [0.15, 0.2) is 114 Å². The summed E-state index contributed by atoms with van der Waals surface area (Å²) in [5.74, 6) is -1.14. The van der Waals surface area contributed by atoms with E-state index in [2.05, 4.69) is 5.32 Å². The molecule has 4 aromatic carbocycles. The van der Waals surface area contributed by atoms with Gasteiger partial charge in [-0.1, -0.05) is 72.8 Å². The van der Waals surface area contributed by atoms with Crippen LogP contribution >= 0.6 is 0 Å². The van der Waals surface area contributed by atoms with Crippen LogP contribution in [0.2, 0.25) is 0 Å². The lowest BCUT2D eigenvalue weighted by Crippen LogP contribution is -2.53. The Bertz CT molecular complexity index is 1630. The molecular formula is C32H30FN3O5S. The van der Waals surface area contributed by atoms with Crippen LogP contribution in [0.5, 0.6) is 5.75 Å². The minimum atomic E-state index is -4.19. The van der Waals surface area contributed by atoms with Gasteiger partial charge in [0.1, 0.15) is 11.6 Å². The normalized spacial score (nSPS) is 14.6. The van der Waals surface area contributed by atoms with Gasteiger partial charge in [-0.3, -0.25) is 9.59 Å². The van der Waals surface area contributed by atoms with Gasteiger partial charge in [-0.2, -0.15) is 4.31 Å². The van der Waals surface area contributed by atoms with Crippen molar-refractivity contribution in [3.8, 4) is 5.75 Å². The molecule has 216 valence electrons. The first-order valence-corrected chi connectivity index (χ1v) is 14.9. The number of rotatable bonds is 10. The Morgan fingerprint density at radius 2 is 1.48 bits per heavy atom. The molecular weight excluding hydrogens is 557 g/mol. The number of nitrogens with zero attached hydrogens (tertiary/aromatic N) is 2. The number of carbonyl (C=O) groups is 2. The minimum absolute atomic E-state index is 0.0817. The zero-order valence-corrected chi connectivity index (χ0v) is 23.5. The lowest BCUT2D eigenvalue weighted by molar-refractivity contribution is -0.128. The van der Waals surface area contributed by atoms with Crippen molar-refractivity contribution in [2.75, 3.05) is 24.5 Å². The quantitative estimate of drug-likeness (QED) is 0.301. The van der Waals surface area contributed by atoms with Gasteiger partial charge in [0.2, 0.25) is 15.9 Å². The summed E-state index contributed by atoms with van der Waals surface area (Å²) in [6.45, 7) is -0.297. The van der Waals surface area contributed by atoms with Gasteiger partial charge in [-0.15, -0.1) is 0 Å². The van der Waals surface area contributed by atoms with E-state index in [9.17, 15) is 22.4 Å². The number of carbonyl (C=O) groups excluding carboxylic acids is 2. The van der Waals surface area contributed by atoms with Crippen LogP contribution in [-0.2, 0) is 32.6 Å². The summed E-state index contributed by atoms with van der Waals surface area (Å²) in [5, 5.41) is 2.88. The highest BCUT2D eigenvalue weighted by Gasteiger charge is 2.36. The van der Waals surface area contributed by atoms with Gasteiger partial charge in [0.15, 0.2) is 6.10 Å². The number of amides is 2. The number of hydrogen-bond acceptors (Lipinski definition) is 5. The molecule has 1 N–H and O–H groups in total. The molecule has 5 rings (SSSR count). The molecule has 0 saturated carbocycles. The molecule has 0 aliphatic carbocycles. The van der Waals surface area contributed by atoms with Crippen molar-refractivity contribution in [3.05, 3.63) is 126 Å². The number of benzene rings is 4. The van der Waals surface area contributed by atoms with Crippen molar-refractivity contribution in [1.29, 1.82) is 0 Å². The molecule has 10 heteroatoms. The lowest BCUT2D eigenvalue weighted by atomic mass is 10.1. The third-order valence-corrected chi connectivity index (χ3v) is 8.69. The number of halogens is 1. The molecule has 2 amide bonds. The highest BCUT2D eigenvalue weighted by atomic mass is 32.2. The second-order valence-corrected chi connectivity index (χ2v) is 11.8. The fraction of sp³-hybridized carbons (Fsp3) is 0.188. The maximum atomic E-state index is 13.8. The first-order chi connectivity index (χ1) is 20.3. The molecule has 0 aromatic heterocycles. The van der Waals surface area contributed by atoms with E-state index in [0.29, 0.717) is 30.0 Å². The van der Waals surface area contributed by atoms with Gasteiger partial charge in [-0.05, 0) is 53.9 Å². The number of sulfonamides is 1. The topological polar surface area (TPSA) is 96.0 Å². The number of fused-ring (bicyclic) bond motifs is 1.